The van der Waals surface area contributed by atoms with Gasteiger partial charge in [-0.2, -0.15) is 0 Å². The van der Waals surface area contributed by atoms with Crippen LogP contribution >= 0.6 is 11.6 Å². The van der Waals surface area contributed by atoms with Crippen molar-refractivity contribution in [1.29, 1.82) is 0 Å². The number of rotatable bonds is 4. The Kier molecular flexibility index (Phi) is 5.46. The largest absolute Gasteiger partial charge is 0.397 e. The SMILES string of the molecule is CO/N=C1/N=CCc2c1ccn2[C@@H]1O[C@H]([C@H](O)c2ccc(Cl)c(C)c2)[C@@H](O)[C@H]1O. The van der Waals surface area contributed by atoms with E-state index in [4.69, 9.17) is 21.2 Å². The highest BCUT2D eigenvalue weighted by Crippen LogP contribution is 2.38. The minimum Gasteiger partial charge on any atom is -0.397 e. The first-order valence-corrected chi connectivity index (χ1v) is 9.59. The van der Waals surface area contributed by atoms with Crippen LogP contribution in [0.15, 0.2) is 40.6 Å². The summed E-state index contributed by atoms with van der Waals surface area (Å²) >= 11 is 6.05. The fourth-order valence-electron chi connectivity index (χ4n) is 3.80. The second kappa shape index (κ2) is 7.89. The standard InChI is InChI=1S/C20H22ClN3O5/c1-10-9-11(3-4-13(10)21)15(25)18-16(26)17(27)20(29-18)24-8-6-12-14(24)5-7-22-19(12)23-28-2/h3-4,6-9,15-18,20,25-27H,5H2,1-2H3/b23-19+/t15-,16+,17-,18-,20-/m1/s1. The summed E-state index contributed by atoms with van der Waals surface area (Å²) in [4.78, 5) is 9.04. The molecule has 0 unspecified atom stereocenters. The average Bonchev–Trinajstić information content (AvgIpc) is 3.26. The van der Waals surface area contributed by atoms with E-state index < -0.39 is 30.6 Å². The number of aromatic nitrogens is 1. The Balaban J connectivity index is 1.62. The Labute approximate surface area is 172 Å². The molecule has 2 aliphatic rings. The molecule has 2 aromatic rings. The molecular formula is C20H22ClN3O5. The Morgan fingerprint density at radius 1 is 1.31 bits per heavy atom. The van der Waals surface area contributed by atoms with Crippen molar-refractivity contribution < 1.29 is 24.9 Å². The molecule has 0 radical (unpaired) electrons. The molecule has 29 heavy (non-hydrogen) atoms. The molecule has 0 amide bonds. The number of aryl methyl sites for hydroxylation is 1. The van der Waals surface area contributed by atoms with Crippen LogP contribution in [0.4, 0.5) is 0 Å². The van der Waals surface area contributed by atoms with Gasteiger partial charge in [0.05, 0.1) is 0 Å². The Hall–Kier alpha value is -2.23. The van der Waals surface area contributed by atoms with Crippen LogP contribution in [0, 0.1) is 6.92 Å². The summed E-state index contributed by atoms with van der Waals surface area (Å²) in [6.07, 6.45) is -1.54. The van der Waals surface area contributed by atoms with Crippen LogP contribution in [0.2, 0.25) is 5.02 Å². The molecule has 0 bridgehead atoms. The number of fused-ring (bicyclic) bond motifs is 1. The molecule has 0 saturated carbocycles. The van der Waals surface area contributed by atoms with E-state index in [9.17, 15) is 15.3 Å². The van der Waals surface area contributed by atoms with E-state index in [1.165, 1.54) is 7.11 Å². The van der Waals surface area contributed by atoms with Gasteiger partial charge in [0, 0.05) is 35.1 Å². The van der Waals surface area contributed by atoms with Crippen molar-refractivity contribution in [2.45, 2.75) is 44.0 Å². The highest BCUT2D eigenvalue weighted by Gasteiger charge is 2.47. The van der Waals surface area contributed by atoms with Crippen molar-refractivity contribution >= 4 is 23.7 Å². The van der Waals surface area contributed by atoms with Crippen LogP contribution in [0.25, 0.3) is 0 Å². The van der Waals surface area contributed by atoms with Crippen LogP contribution in [0.1, 0.15) is 34.7 Å². The molecule has 1 aromatic heterocycles. The van der Waals surface area contributed by atoms with Gasteiger partial charge in [-0.15, -0.1) is 0 Å². The molecular weight excluding hydrogens is 398 g/mol. The molecule has 1 saturated heterocycles. The molecule has 1 aromatic carbocycles. The third kappa shape index (κ3) is 3.47. The summed E-state index contributed by atoms with van der Waals surface area (Å²) in [6, 6.07) is 6.91. The highest BCUT2D eigenvalue weighted by atomic mass is 35.5. The summed E-state index contributed by atoms with van der Waals surface area (Å²) in [5.41, 5.74) is 2.94. The van der Waals surface area contributed by atoms with E-state index in [0.717, 1.165) is 16.8 Å². The first-order chi connectivity index (χ1) is 13.9. The number of aliphatic hydroxyl groups excluding tert-OH is 3. The predicted octanol–water partition coefficient (Wildman–Crippen LogP) is 1.74. The summed E-state index contributed by atoms with van der Waals surface area (Å²) in [7, 11) is 1.44. The summed E-state index contributed by atoms with van der Waals surface area (Å²) < 4.78 is 7.68. The summed E-state index contributed by atoms with van der Waals surface area (Å²) in [6.45, 7) is 1.83. The molecule has 4 rings (SSSR count). The maximum atomic E-state index is 10.8. The molecule has 5 atom stereocenters. The molecule has 0 spiro atoms. The first-order valence-electron chi connectivity index (χ1n) is 9.22. The van der Waals surface area contributed by atoms with Gasteiger partial charge in [0.2, 0.25) is 0 Å². The van der Waals surface area contributed by atoms with Gasteiger partial charge in [-0.25, -0.2) is 4.99 Å². The zero-order chi connectivity index (χ0) is 20.7. The van der Waals surface area contributed by atoms with Crippen molar-refractivity contribution in [1.82, 2.24) is 4.57 Å². The van der Waals surface area contributed by atoms with Crippen molar-refractivity contribution in [3.63, 3.8) is 0 Å². The van der Waals surface area contributed by atoms with Gasteiger partial charge >= 0.3 is 0 Å². The fraction of sp³-hybridized carbons (Fsp3) is 0.400. The molecule has 8 nitrogen and oxygen atoms in total. The highest BCUT2D eigenvalue weighted by molar-refractivity contribution is 6.31. The van der Waals surface area contributed by atoms with E-state index in [1.54, 1.807) is 41.2 Å². The van der Waals surface area contributed by atoms with Crippen LogP contribution in [0.3, 0.4) is 0 Å². The van der Waals surface area contributed by atoms with Crippen LogP contribution < -0.4 is 0 Å². The third-order valence-electron chi connectivity index (χ3n) is 5.33. The zero-order valence-corrected chi connectivity index (χ0v) is 16.7. The van der Waals surface area contributed by atoms with Crippen LogP contribution in [-0.2, 0) is 16.0 Å². The normalized spacial score (nSPS) is 28.6. The van der Waals surface area contributed by atoms with E-state index in [0.29, 0.717) is 22.8 Å². The number of hydrogen-bond acceptors (Lipinski definition) is 6. The number of oxime groups is 1. The van der Waals surface area contributed by atoms with Crippen molar-refractivity contribution in [3.05, 3.63) is 57.9 Å². The second-order valence-corrected chi connectivity index (χ2v) is 7.53. The second-order valence-electron chi connectivity index (χ2n) is 7.12. The summed E-state index contributed by atoms with van der Waals surface area (Å²) in [5.74, 6) is 0.425. The molecule has 3 heterocycles. The maximum Gasteiger partial charge on any atom is 0.200 e. The zero-order valence-electron chi connectivity index (χ0n) is 15.9. The van der Waals surface area contributed by atoms with E-state index in [1.807, 2.05) is 6.92 Å². The van der Waals surface area contributed by atoms with Gasteiger partial charge in [-0.1, -0.05) is 28.9 Å². The number of aliphatic imine (C=N–C) groups is 1. The van der Waals surface area contributed by atoms with Crippen LogP contribution in [0.5, 0.6) is 0 Å². The third-order valence-corrected chi connectivity index (χ3v) is 5.75. The fourth-order valence-corrected chi connectivity index (χ4v) is 3.92. The Morgan fingerprint density at radius 2 is 2.10 bits per heavy atom. The topological polar surface area (TPSA) is 109 Å². The molecule has 154 valence electrons. The monoisotopic (exact) mass is 419 g/mol. The summed E-state index contributed by atoms with van der Waals surface area (Å²) in [5, 5.41) is 36.5. The molecule has 3 N–H and O–H groups in total. The minimum absolute atomic E-state index is 0.425. The number of nitrogens with zero attached hydrogens (tertiary/aromatic N) is 3. The van der Waals surface area contributed by atoms with Gasteiger partial charge in [0.25, 0.3) is 0 Å². The van der Waals surface area contributed by atoms with Gasteiger partial charge in [0.15, 0.2) is 12.1 Å². The lowest BCUT2D eigenvalue weighted by Crippen LogP contribution is -2.35. The Morgan fingerprint density at radius 3 is 2.83 bits per heavy atom. The quantitative estimate of drug-likeness (QED) is 0.654. The number of amidine groups is 1. The maximum absolute atomic E-state index is 10.8. The van der Waals surface area contributed by atoms with E-state index in [2.05, 4.69) is 10.1 Å². The smallest absolute Gasteiger partial charge is 0.200 e. The lowest BCUT2D eigenvalue weighted by Gasteiger charge is -2.23. The molecule has 9 heteroatoms. The van der Waals surface area contributed by atoms with E-state index >= 15 is 0 Å². The number of halogens is 1. The van der Waals surface area contributed by atoms with Gasteiger partial charge in [0.1, 0.15) is 31.5 Å². The van der Waals surface area contributed by atoms with Crippen molar-refractivity contribution in [2.75, 3.05) is 7.11 Å². The van der Waals surface area contributed by atoms with Gasteiger partial charge < -0.3 is 29.5 Å². The first kappa shape index (κ1) is 20.1. The van der Waals surface area contributed by atoms with E-state index in [-0.39, 0.29) is 0 Å². The molecule has 2 aliphatic heterocycles. The van der Waals surface area contributed by atoms with Crippen molar-refractivity contribution in [3.8, 4) is 0 Å². The van der Waals surface area contributed by atoms with Gasteiger partial charge in [-0.3, -0.25) is 0 Å². The number of hydrogen-bond donors (Lipinski definition) is 3. The Bertz CT molecular complexity index is 973. The van der Waals surface area contributed by atoms with Crippen LogP contribution in [-0.4, -0.2) is 57.4 Å². The number of ether oxygens (including phenoxy) is 1. The molecule has 1 fully saturated rings. The van der Waals surface area contributed by atoms with Gasteiger partial charge in [-0.05, 0) is 30.2 Å². The number of aliphatic hydroxyl groups is 3. The average molecular weight is 420 g/mol. The predicted molar refractivity (Wildman–Crippen MR) is 107 cm³/mol. The lowest BCUT2D eigenvalue weighted by molar-refractivity contribution is -0.0864. The minimum atomic E-state index is -1.27. The number of benzene rings is 1. The van der Waals surface area contributed by atoms with Crippen molar-refractivity contribution in [2.24, 2.45) is 10.1 Å². The molecule has 0 aliphatic carbocycles. The lowest BCUT2D eigenvalue weighted by atomic mass is 9.98.